The number of amides is 1. The first-order valence-corrected chi connectivity index (χ1v) is 9.30. The van der Waals surface area contributed by atoms with Gasteiger partial charge in [0.15, 0.2) is 0 Å². The van der Waals surface area contributed by atoms with Crippen molar-refractivity contribution in [3.63, 3.8) is 0 Å². The average molecular weight is 404 g/mol. The fraction of sp³-hybridized carbons (Fsp3) is 0.650. The number of halogens is 2. The van der Waals surface area contributed by atoms with Crippen molar-refractivity contribution in [1.29, 1.82) is 0 Å². The standard InChI is InChI=1S/C20H33N3O.2ClH/c1-5-22(15(2)3)13-17-8-10-18(11-9-17)20(24)23-12-6-7-19(14-23)16(4)21;;/h8-11,15-16,19H,5-7,12-14,21H2,1-4H3;2*1H. The van der Waals surface area contributed by atoms with Crippen molar-refractivity contribution in [3.8, 4) is 0 Å². The predicted molar refractivity (Wildman–Crippen MR) is 114 cm³/mol. The summed E-state index contributed by atoms with van der Waals surface area (Å²) in [5.74, 6) is 0.564. The number of likely N-dealkylation sites (tertiary alicyclic amines) is 1. The second-order valence-corrected chi connectivity index (χ2v) is 7.37. The number of benzene rings is 1. The maximum absolute atomic E-state index is 12.7. The number of hydrogen-bond acceptors (Lipinski definition) is 3. The van der Waals surface area contributed by atoms with Crippen LogP contribution in [-0.4, -0.2) is 47.4 Å². The van der Waals surface area contributed by atoms with E-state index in [1.54, 1.807) is 0 Å². The fourth-order valence-electron chi connectivity index (χ4n) is 3.45. The zero-order chi connectivity index (χ0) is 17.7. The van der Waals surface area contributed by atoms with Gasteiger partial charge in [-0.15, -0.1) is 24.8 Å². The van der Waals surface area contributed by atoms with E-state index in [1.807, 2.05) is 24.0 Å². The average Bonchev–Trinajstić information content (AvgIpc) is 2.59. The monoisotopic (exact) mass is 403 g/mol. The molecule has 2 N–H and O–H groups in total. The van der Waals surface area contributed by atoms with Crippen LogP contribution in [-0.2, 0) is 6.54 Å². The molecule has 0 saturated carbocycles. The summed E-state index contributed by atoms with van der Waals surface area (Å²) in [6, 6.07) is 8.80. The Kier molecular flexibility index (Phi) is 11.4. The van der Waals surface area contributed by atoms with Gasteiger partial charge in [0.05, 0.1) is 0 Å². The summed E-state index contributed by atoms with van der Waals surface area (Å²) in [6.45, 7) is 12.3. The van der Waals surface area contributed by atoms with Crippen molar-refractivity contribution in [1.82, 2.24) is 9.80 Å². The van der Waals surface area contributed by atoms with Gasteiger partial charge in [0.25, 0.3) is 5.91 Å². The molecule has 1 aromatic carbocycles. The highest BCUT2D eigenvalue weighted by atomic mass is 35.5. The number of nitrogens with zero attached hydrogens (tertiary/aromatic N) is 2. The molecular weight excluding hydrogens is 369 g/mol. The third-order valence-electron chi connectivity index (χ3n) is 5.21. The molecule has 2 rings (SSSR count). The van der Waals surface area contributed by atoms with Crippen LogP contribution in [0.3, 0.4) is 0 Å². The van der Waals surface area contributed by atoms with E-state index in [9.17, 15) is 4.79 Å². The number of piperidine rings is 1. The van der Waals surface area contributed by atoms with E-state index in [0.717, 1.165) is 44.6 Å². The topological polar surface area (TPSA) is 49.6 Å². The molecular formula is C20H35Cl2N3O. The van der Waals surface area contributed by atoms with Gasteiger partial charge in [-0.3, -0.25) is 9.69 Å². The molecule has 1 saturated heterocycles. The molecule has 150 valence electrons. The zero-order valence-corrected chi connectivity index (χ0v) is 18.1. The summed E-state index contributed by atoms with van der Waals surface area (Å²) in [5.41, 5.74) is 8.08. The molecule has 1 fully saturated rings. The number of hydrogen-bond donors (Lipinski definition) is 1. The lowest BCUT2D eigenvalue weighted by molar-refractivity contribution is 0.0661. The van der Waals surface area contributed by atoms with Gasteiger partial charge in [-0.1, -0.05) is 19.1 Å². The van der Waals surface area contributed by atoms with Gasteiger partial charge in [-0.25, -0.2) is 0 Å². The lowest BCUT2D eigenvalue weighted by Gasteiger charge is -2.34. The molecule has 1 amide bonds. The Morgan fingerprint density at radius 2 is 1.85 bits per heavy atom. The molecule has 4 nitrogen and oxygen atoms in total. The molecule has 1 aliphatic rings. The molecule has 0 aromatic heterocycles. The lowest BCUT2D eigenvalue weighted by Crippen LogP contribution is -2.45. The summed E-state index contributed by atoms with van der Waals surface area (Å²) in [7, 11) is 0. The normalized spacial score (nSPS) is 18.3. The van der Waals surface area contributed by atoms with Crippen molar-refractivity contribution in [2.75, 3.05) is 19.6 Å². The molecule has 6 heteroatoms. The van der Waals surface area contributed by atoms with Crippen LogP contribution in [0.5, 0.6) is 0 Å². The minimum absolute atomic E-state index is 0. The maximum atomic E-state index is 12.7. The molecule has 0 bridgehead atoms. The predicted octanol–water partition coefficient (Wildman–Crippen LogP) is 3.96. The van der Waals surface area contributed by atoms with Gasteiger partial charge < -0.3 is 10.6 Å². The summed E-state index contributed by atoms with van der Waals surface area (Å²) in [6.07, 6.45) is 2.18. The number of nitrogens with two attached hydrogens (primary N) is 1. The Morgan fingerprint density at radius 3 is 2.35 bits per heavy atom. The summed E-state index contributed by atoms with van der Waals surface area (Å²) in [4.78, 5) is 17.1. The van der Waals surface area contributed by atoms with E-state index in [2.05, 4.69) is 37.8 Å². The Morgan fingerprint density at radius 1 is 1.23 bits per heavy atom. The van der Waals surface area contributed by atoms with Crippen molar-refractivity contribution in [2.24, 2.45) is 11.7 Å². The van der Waals surface area contributed by atoms with Gasteiger partial charge in [0.2, 0.25) is 0 Å². The summed E-state index contributed by atoms with van der Waals surface area (Å²) < 4.78 is 0. The van der Waals surface area contributed by atoms with Crippen molar-refractivity contribution >= 4 is 30.7 Å². The molecule has 1 aliphatic heterocycles. The zero-order valence-electron chi connectivity index (χ0n) is 16.5. The molecule has 0 aliphatic carbocycles. The van der Waals surface area contributed by atoms with Crippen molar-refractivity contribution in [3.05, 3.63) is 35.4 Å². The Balaban J connectivity index is 0.00000312. The largest absolute Gasteiger partial charge is 0.338 e. The number of carbonyl (C=O) groups excluding carboxylic acids is 1. The molecule has 26 heavy (non-hydrogen) atoms. The van der Waals surface area contributed by atoms with Gasteiger partial charge in [-0.2, -0.15) is 0 Å². The highest BCUT2D eigenvalue weighted by Gasteiger charge is 2.26. The van der Waals surface area contributed by atoms with Gasteiger partial charge in [-0.05, 0) is 63.8 Å². The SMILES string of the molecule is CCN(Cc1ccc(C(=O)N2CCCC(C(C)N)C2)cc1)C(C)C.Cl.Cl. The minimum Gasteiger partial charge on any atom is -0.338 e. The van der Waals surface area contributed by atoms with Gasteiger partial charge in [0, 0.05) is 37.3 Å². The number of rotatable bonds is 6. The van der Waals surface area contributed by atoms with Gasteiger partial charge >= 0.3 is 0 Å². The first-order valence-electron chi connectivity index (χ1n) is 9.30. The first-order chi connectivity index (χ1) is 11.4. The van der Waals surface area contributed by atoms with Crippen LogP contribution in [0.25, 0.3) is 0 Å². The highest BCUT2D eigenvalue weighted by Crippen LogP contribution is 2.21. The molecule has 2 atom stereocenters. The second-order valence-electron chi connectivity index (χ2n) is 7.37. The minimum atomic E-state index is 0. The van der Waals surface area contributed by atoms with E-state index >= 15 is 0 Å². The lowest BCUT2D eigenvalue weighted by atomic mass is 9.92. The third-order valence-corrected chi connectivity index (χ3v) is 5.21. The Bertz CT molecular complexity index is 534. The van der Waals surface area contributed by atoms with Crippen LogP contribution in [0, 0.1) is 5.92 Å². The smallest absolute Gasteiger partial charge is 0.253 e. The molecule has 1 heterocycles. The van der Waals surface area contributed by atoms with E-state index in [0.29, 0.717) is 12.0 Å². The van der Waals surface area contributed by atoms with Gasteiger partial charge in [0.1, 0.15) is 0 Å². The van der Waals surface area contributed by atoms with E-state index < -0.39 is 0 Å². The van der Waals surface area contributed by atoms with Crippen LogP contribution < -0.4 is 5.73 Å². The van der Waals surface area contributed by atoms with Crippen LogP contribution in [0.1, 0.15) is 56.5 Å². The van der Waals surface area contributed by atoms with Crippen molar-refractivity contribution < 1.29 is 4.79 Å². The first kappa shape index (κ1) is 25.2. The fourth-order valence-corrected chi connectivity index (χ4v) is 3.45. The third kappa shape index (κ3) is 6.73. The second kappa shape index (κ2) is 11.8. The highest BCUT2D eigenvalue weighted by molar-refractivity contribution is 5.94. The van der Waals surface area contributed by atoms with Crippen LogP contribution in [0.15, 0.2) is 24.3 Å². The van der Waals surface area contributed by atoms with Crippen LogP contribution >= 0.6 is 24.8 Å². The maximum Gasteiger partial charge on any atom is 0.253 e. The molecule has 1 aromatic rings. The van der Waals surface area contributed by atoms with E-state index in [4.69, 9.17) is 5.73 Å². The molecule has 0 spiro atoms. The van der Waals surface area contributed by atoms with Crippen LogP contribution in [0.2, 0.25) is 0 Å². The quantitative estimate of drug-likeness (QED) is 0.781. The van der Waals surface area contributed by atoms with E-state index in [-0.39, 0.29) is 36.8 Å². The summed E-state index contributed by atoms with van der Waals surface area (Å²) in [5, 5.41) is 0. The van der Waals surface area contributed by atoms with Crippen LogP contribution in [0.4, 0.5) is 0 Å². The molecule has 0 radical (unpaired) electrons. The Hall–Kier alpha value is -0.810. The summed E-state index contributed by atoms with van der Waals surface area (Å²) >= 11 is 0. The number of carbonyl (C=O) groups is 1. The molecule has 2 unspecified atom stereocenters. The van der Waals surface area contributed by atoms with E-state index in [1.165, 1.54) is 5.56 Å². The Labute approximate surface area is 171 Å². The van der Waals surface area contributed by atoms with Crippen molar-refractivity contribution in [2.45, 2.75) is 59.2 Å².